The number of fused-ring (bicyclic) bond motifs is 1. The van der Waals surface area contributed by atoms with E-state index in [1.807, 2.05) is 0 Å². The summed E-state index contributed by atoms with van der Waals surface area (Å²) in [6.45, 7) is 0.0753. The fourth-order valence-corrected chi connectivity index (χ4v) is 3.65. The zero-order valence-corrected chi connectivity index (χ0v) is 17.0. The number of benzene rings is 2. The molecule has 1 unspecified atom stereocenters. The van der Waals surface area contributed by atoms with Gasteiger partial charge in [0.1, 0.15) is 5.82 Å². The van der Waals surface area contributed by atoms with Crippen molar-refractivity contribution < 1.29 is 19.0 Å². The number of pyridine rings is 1. The summed E-state index contributed by atoms with van der Waals surface area (Å²) in [6, 6.07) is 11.3. The molecule has 30 heavy (non-hydrogen) atoms. The minimum atomic E-state index is -0.768. The minimum absolute atomic E-state index is 0.108. The van der Waals surface area contributed by atoms with Gasteiger partial charge < -0.3 is 20.5 Å². The summed E-state index contributed by atoms with van der Waals surface area (Å²) in [6.07, 6.45) is 0.892. The lowest BCUT2D eigenvalue weighted by Crippen LogP contribution is -2.26. The number of amides is 1. The minimum Gasteiger partial charge on any atom is -0.462 e. The molecule has 154 valence electrons. The third-order valence-electron chi connectivity index (χ3n) is 4.58. The smallest absolute Gasteiger partial charge is 0.251 e. The summed E-state index contributed by atoms with van der Waals surface area (Å²) in [5.74, 6) is 0.106. The van der Waals surface area contributed by atoms with Crippen molar-refractivity contribution >= 4 is 34.9 Å². The Labute approximate surface area is 181 Å². The van der Waals surface area contributed by atoms with E-state index in [-0.39, 0.29) is 29.1 Å². The number of aliphatic hydroxyl groups excluding tert-OH is 1. The molecule has 4 rings (SSSR count). The number of hydrogen-bond acceptors (Lipinski definition) is 5. The lowest BCUT2D eigenvalue weighted by molar-refractivity contribution is 0.0945. The van der Waals surface area contributed by atoms with Crippen LogP contribution in [0.3, 0.4) is 0 Å². The van der Waals surface area contributed by atoms with E-state index in [1.165, 1.54) is 12.1 Å². The fourth-order valence-electron chi connectivity index (χ4n) is 3.08. The van der Waals surface area contributed by atoms with Gasteiger partial charge in [-0.05, 0) is 35.9 Å². The second-order valence-electron chi connectivity index (χ2n) is 6.53. The highest BCUT2D eigenvalue weighted by Crippen LogP contribution is 2.42. The summed E-state index contributed by atoms with van der Waals surface area (Å²) in [7, 11) is 0. The predicted octanol–water partition coefficient (Wildman–Crippen LogP) is 4.42. The van der Waals surface area contributed by atoms with Crippen LogP contribution in [0.2, 0.25) is 10.0 Å². The van der Waals surface area contributed by atoms with Crippen LogP contribution in [0.5, 0.6) is 5.75 Å². The Morgan fingerprint density at radius 1 is 1.20 bits per heavy atom. The Morgan fingerprint density at radius 2 is 1.97 bits per heavy atom. The van der Waals surface area contributed by atoms with E-state index < -0.39 is 12.0 Å². The van der Waals surface area contributed by atoms with Gasteiger partial charge in [0.2, 0.25) is 6.23 Å². The molecule has 6 nitrogen and oxygen atoms in total. The largest absolute Gasteiger partial charge is 0.462 e. The van der Waals surface area contributed by atoms with Crippen molar-refractivity contribution in [2.45, 2.75) is 6.23 Å². The van der Waals surface area contributed by atoms with E-state index in [2.05, 4.69) is 15.6 Å². The Bertz CT molecular complexity index is 1110. The SMILES string of the molecule is O=C(NCCO)c1ccc(-c2cnc3c(c2)OC(c2c(Cl)ccc(F)c2Cl)N3)cc1. The van der Waals surface area contributed by atoms with Crippen LogP contribution in [-0.2, 0) is 0 Å². The predicted molar refractivity (Wildman–Crippen MR) is 113 cm³/mol. The molecule has 2 heterocycles. The highest BCUT2D eigenvalue weighted by Gasteiger charge is 2.29. The Kier molecular flexibility index (Phi) is 5.76. The zero-order chi connectivity index (χ0) is 21.3. The van der Waals surface area contributed by atoms with Crippen LogP contribution in [0, 0.1) is 5.82 Å². The van der Waals surface area contributed by atoms with E-state index in [0.29, 0.717) is 22.7 Å². The van der Waals surface area contributed by atoms with Crippen LogP contribution in [-0.4, -0.2) is 29.1 Å². The van der Waals surface area contributed by atoms with Crippen LogP contribution in [0.25, 0.3) is 11.1 Å². The maximum atomic E-state index is 13.9. The first-order valence-electron chi connectivity index (χ1n) is 9.04. The average Bonchev–Trinajstić information content (AvgIpc) is 3.17. The van der Waals surface area contributed by atoms with Crippen LogP contribution >= 0.6 is 23.2 Å². The van der Waals surface area contributed by atoms with Crippen molar-refractivity contribution in [3.8, 4) is 16.9 Å². The van der Waals surface area contributed by atoms with Crippen molar-refractivity contribution in [2.24, 2.45) is 0 Å². The van der Waals surface area contributed by atoms with Crippen molar-refractivity contribution in [3.05, 3.63) is 75.7 Å². The van der Waals surface area contributed by atoms with Crippen LogP contribution in [0.1, 0.15) is 22.1 Å². The first-order chi connectivity index (χ1) is 14.5. The van der Waals surface area contributed by atoms with Gasteiger partial charge in [0.05, 0.1) is 22.2 Å². The van der Waals surface area contributed by atoms with Crippen molar-refractivity contribution in [3.63, 3.8) is 0 Å². The molecule has 0 saturated heterocycles. The topological polar surface area (TPSA) is 83.5 Å². The zero-order valence-electron chi connectivity index (χ0n) is 15.5. The van der Waals surface area contributed by atoms with E-state index >= 15 is 0 Å². The molecule has 0 fully saturated rings. The molecule has 3 N–H and O–H groups in total. The fraction of sp³-hybridized carbons (Fsp3) is 0.143. The Hall–Kier alpha value is -2.87. The van der Waals surface area contributed by atoms with Crippen LogP contribution in [0.15, 0.2) is 48.7 Å². The lowest BCUT2D eigenvalue weighted by atomic mass is 10.1. The summed E-state index contributed by atoms with van der Waals surface area (Å²) in [5, 5.41) is 14.6. The Morgan fingerprint density at radius 3 is 2.70 bits per heavy atom. The second-order valence-corrected chi connectivity index (χ2v) is 7.31. The summed E-state index contributed by atoms with van der Waals surface area (Å²) in [4.78, 5) is 16.3. The molecule has 0 bridgehead atoms. The summed E-state index contributed by atoms with van der Waals surface area (Å²) < 4.78 is 19.7. The van der Waals surface area contributed by atoms with Gasteiger partial charge >= 0.3 is 0 Å². The van der Waals surface area contributed by atoms with Crippen molar-refractivity contribution in [1.29, 1.82) is 0 Å². The molecule has 1 amide bonds. The number of hydrogen-bond donors (Lipinski definition) is 3. The molecule has 0 aliphatic carbocycles. The molecule has 1 aromatic heterocycles. The number of nitrogens with zero attached hydrogens (tertiary/aromatic N) is 1. The molecular formula is C21H16Cl2FN3O3. The van der Waals surface area contributed by atoms with E-state index in [4.69, 9.17) is 33.0 Å². The van der Waals surface area contributed by atoms with Gasteiger partial charge in [-0.2, -0.15) is 0 Å². The number of rotatable bonds is 5. The highest BCUT2D eigenvalue weighted by molar-refractivity contribution is 6.36. The maximum absolute atomic E-state index is 13.9. The molecule has 1 atom stereocenters. The van der Waals surface area contributed by atoms with Crippen LogP contribution in [0.4, 0.5) is 10.2 Å². The third kappa shape index (κ3) is 3.92. The molecular weight excluding hydrogens is 432 g/mol. The highest BCUT2D eigenvalue weighted by atomic mass is 35.5. The standard InChI is InChI=1S/C21H16Cl2FN3O3/c22-14-5-6-15(24)18(23)17(14)21-27-19-16(30-21)9-13(10-26-19)11-1-3-12(4-2-11)20(29)25-7-8-28/h1-6,9-10,21,28H,7-8H2,(H,25,29)(H,26,27). The number of ether oxygens (including phenoxy) is 1. The molecule has 0 saturated carbocycles. The number of aromatic nitrogens is 1. The Balaban J connectivity index is 1.55. The monoisotopic (exact) mass is 447 g/mol. The van der Waals surface area contributed by atoms with Gasteiger partial charge in [0.15, 0.2) is 11.6 Å². The summed E-state index contributed by atoms with van der Waals surface area (Å²) in [5.41, 5.74) is 2.39. The van der Waals surface area contributed by atoms with E-state index in [0.717, 1.165) is 11.1 Å². The average molecular weight is 448 g/mol. The van der Waals surface area contributed by atoms with Gasteiger partial charge in [-0.3, -0.25) is 4.79 Å². The number of nitrogens with one attached hydrogen (secondary N) is 2. The van der Waals surface area contributed by atoms with Gasteiger partial charge in [-0.1, -0.05) is 35.3 Å². The maximum Gasteiger partial charge on any atom is 0.251 e. The van der Waals surface area contributed by atoms with E-state index in [1.54, 1.807) is 36.5 Å². The molecule has 0 spiro atoms. The number of aliphatic hydroxyl groups is 1. The number of carbonyl (C=O) groups is 1. The molecule has 1 aliphatic rings. The van der Waals surface area contributed by atoms with Crippen molar-refractivity contribution in [1.82, 2.24) is 10.3 Å². The second kappa shape index (κ2) is 8.47. The van der Waals surface area contributed by atoms with Crippen molar-refractivity contribution in [2.75, 3.05) is 18.5 Å². The van der Waals surface area contributed by atoms with Gasteiger partial charge in [0.25, 0.3) is 5.91 Å². The molecule has 0 radical (unpaired) electrons. The normalized spacial score (nSPS) is 14.6. The molecule has 3 aromatic rings. The summed E-state index contributed by atoms with van der Waals surface area (Å²) >= 11 is 12.3. The van der Waals surface area contributed by atoms with E-state index in [9.17, 15) is 9.18 Å². The van der Waals surface area contributed by atoms with Gasteiger partial charge in [-0.25, -0.2) is 9.37 Å². The number of anilines is 1. The quantitative estimate of drug-likeness (QED) is 0.504. The lowest BCUT2D eigenvalue weighted by Gasteiger charge is -2.15. The molecule has 1 aliphatic heterocycles. The number of carbonyl (C=O) groups excluding carboxylic acids is 1. The van der Waals surface area contributed by atoms with Crippen LogP contribution < -0.4 is 15.4 Å². The molecule has 2 aromatic carbocycles. The van der Waals surface area contributed by atoms with Gasteiger partial charge in [-0.15, -0.1) is 0 Å². The third-order valence-corrected chi connectivity index (χ3v) is 5.30. The first-order valence-corrected chi connectivity index (χ1v) is 9.79. The first kappa shape index (κ1) is 20.4. The van der Waals surface area contributed by atoms with Gasteiger partial charge in [0, 0.05) is 23.9 Å². The number of halogens is 3. The molecule has 9 heteroatoms.